The summed E-state index contributed by atoms with van der Waals surface area (Å²) in [6, 6.07) is 0. The SMILES string of the molecule is S=C([S-])NN1CCNCC1.S=C([S-])NN1CCNCC1.[K+].[K+]. The molecule has 0 bridgehead atoms. The third-order valence-corrected chi connectivity index (χ3v) is 3.10. The summed E-state index contributed by atoms with van der Waals surface area (Å²) >= 11 is 18.9. The van der Waals surface area contributed by atoms with E-state index < -0.39 is 0 Å². The summed E-state index contributed by atoms with van der Waals surface area (Å²) in [5.41, 5.74) is 5.84. The van der Waals surface area contributed by atoms with Gasteiger partial charge in [0.15, 0.2) is 0 Å². The Morgan fingerprint density at radius 1 is 0.727 bits per heavy atom. The largest absolute Gasteiger partial charge is 1.00 e. The molecule has 0 aromatic rings. The molecule has 22 heavy (non-hydrogen) atoms. The molecule has 0 radical (unpaired) electrons. The molecule has 0 saturated carbocycles. The van der Waals surface area contributed by atoms with Crippen LogP contribution >= 0.6 is 24.4 Å². The number of thiocarbonyl (C=S) groups is 2. The van der Waals surface area contributed by atoms with Gasteiger partial charge in [-0.25, -0.2) is 10.0 Å². The van der Waals surface area contributed by atoms with E-state index in [1.807, 2.05) is 10.0 Å². The molecule has 0 spiro atoms. The third kappa shape index (κ3) is 15.6. The van der Waals surface area contributed by atoms with E-state index in [4.69, 9.17) is 49.7 Å². The molecule has 2 aliphatic rings. The van der Waals surface area contributed by atoms with E-state index in [1.165, 1.54) is 0 Å². The van der Waals surface area contributed by atoms with Gasteiger partial charge >= 0.3 is 103 Å². The minimum atomic E-state index is 0. The molecule has 12 heteroatoms. The number of nitrogens with zero attached hydrogens (tertiary/aromatic N) is 2. The predicted octanol–water partition coefficient (Wildman–Crippen LogP) is -7.54. The fraction of sp³-hybridized carbons (Fsp3) is 0.800. The van der Waals surface area contributed by atoms with Crippen LogP contribution in [0, 0.1) is 0 Å². The first-order chi connectivity index (χ1) is 9.58. The molecule has 0 amide bonds. The van der Waals surface area contributed by atoms with Crippen molar-refractivity contribution in [2.24, 2.45) is 0 Å². The molecule has 2 aliphatic heterocycles. The van der Waals surface area contributed by atoms with Gasteiger partial charge in [0.2, 0.25) is 0 Å². The Bertz CT molecular complexity index is 284. The van der Waals surface area contributed by atoms with Crippen LogP contribution in [0.3, 0.4) is 0 Å². The van der Waals surface area contributed by atoms with Crippen LogP contribution in [0.4, 0.5) is 0 Å². The van der Waals surface area contributed by atoms with E-state index in [0.29, 0.717) is 8.64 Å². The van der Waals surface area contributed by atoms with E-state index in [1.54, 1.807) is 0 Å². The van der Waals surface area contributed by atoms with Crippen molar-refractivity contribution in [1.82, 2.24) is 31.5 Å². The van der Waals surface area contributed by atoms with Crippen molar-refractivity contribution in [3.05, 3.63) is 0 Å². The Kier molecular flexibility index (Phi) is 22.2. The fourth-order valence-corrected chi connectivity index (χ4v) is 2.33. The van der Waals surface area contributed by atoms with Crippen LogP contribution in [-0.2, 0) is 25.3 Å². The summed E-state index contributed by atoms with van der Waals surface area (Å²) in [7, 11) is 0. The summed E-state index contributed by atoms with van der Waals surface area (Å²) < 4.78 is 0.865. The minimum absolute atomic E-state index is 0. The number of piperazine rings is 2. The number of hydrogen-bond acceptors (Lipinski definition) is 8. The summed E-state index contributed by atoms with van der Waals surface area (Å²) in [4.78, 5) is 0. The van der Waals surface area contributed by atoms with Crippen LogP contribution in [0.2, 0.25) is 0 Å². The second kappa shape index (κ2) is 17.7. The summed E-state index contributed by atoms with van der Waals surface area (Å²) in [6.45, 7) is 7.90. The van der Waals surface area contributed by atoms with E-state index in [9.17, 15) is 0 Å². The summed E-state index contributed by atoms with van der Waals surface area (Å²) in [6.07, 6.45) is 0. The van der Waals surface area contributed by atoms with Crippen LogP contribution in [0.15, 0.2) is 0 Å². The minimum Gasteiger partial charge on any atom is -0.410 e. The van der Waals surface area contributed by atoms with Gasteiger partial charge in [0.1, 0.15) is 0 Å². The van der Waals surface area contributed by atoms with E-state index in [2.05, 4.69) is 21.5 Å². The average molecular weight is 431 g/mol. The zero-order chi connectivity index (χ0) is 14.8. The molecule has 4 N–H and O–H groups in total. The Balaban J connectivity index is 0. The zero-order valence-corrected chi connectivity index (χ0v) is 22.7. The molecule has 0 aliphatic carbocycles. The van der Waals surface area contributed by atoms with Crippen molar-refractivity contribution in [3.8, 4) is 0 Å². The second-order valence-electron chi connectivity index (χ2n) is 4.27. The molecule has 0 aromatic carbocycles. The van der Waals surface area contributed by atoms with Crippen LogP contribution in [-0.4, -0.2) is 71.0 Å². The molecule has 0 aromatic heterocycles. The molecule has 0 atom stereocenters. The molecule has 116 valence electrons. The topological polar surface area (TPSA) is 54.6 Å². The maximum Gasteiger partial charge on any atom is 1.00 e. The molecule has 6 nitrogen and oxygen atoms in total. The molecule has 2 saturated heterocycles. The third-order valence-electron chi connectivity index (χ3n) is 2.73. The van der Waals surface area contributed by atoms with Gasteiger partial charge in [-0.05, 0) is 8.64 Å². The standard InChI is InChI=1S/2C5H11N3S2.2K/c2*9-5(10)7-8-3-1-6-2-4-8;;/h2*6H,1-4H2,(H2,7,9,10);;/q;;2*+1/p-2. The van der Waals surface area contributed by atoms with Crippen LogP contribution in [0.25, 0.3) is 0 Å². The van der Waals surface area contributed by atoms with Gasteiger partial charge in [-0.3, -0.25) is 0 Å². The van der Waals surface area contributed by atoms with Crippen molar-refractivity contribution >= 4 is 58.3 Å². The molecule has 0 unspecified atom stereocenters. The Morgan fingerprint density at radius 3 is 1.23 bits per heavy atom. The number of nitrogens with one attached hydrogen (secondary N) is 4. The molecule has 2 fully saturated rings. The first-order valence-electron chi connectivity index (χ1n) is 6.44. The van der Waals surface area contributed by atoms with Crippen LogP contribution in [0.1, 0.15) is 0 Å². The average Bonchev–Trinajstić information content (AvgIpc) is 2.40. The zero-order valence-electron chi connectivity index (χ0n) is 13.2. The van der Waals surface area contributed by atoms with Crippen molar-refractivity contribution in [3.63, 3.8) is 0 Å². The monoisotopic (exact) mass is 430 g/mol. The molecular weight excluding hydrogens is 411 g/mol. The normalized spacial score (nSPS) is 18.5. The number of rotatable bonds is 2. The second-order valence-corrected chi connectivity index (χ2v) is 6.42. The number of hydrogen-bond donors (Lipinski definition) is 4. The molecular formula is C10H20K2N6S4. The van der Waals surface area contributed by atoms with Gasteiger partial charge in [-0.1, -0.05) is 0 Å². The van der Waals surface area contributed by atoms with Crippen molar-refractivity contribution < 1.29 is 103 Å². The van der Waals surface area contributed by atoms with Gasteiger partial charge in [-0.15, -0.1) is 0 Å². The Labute approximate surface area is 240 Å². The van der Waals surface area contributed by atoms with Crippen LogP contribution < -0.4 is 124 Å². The Morgan fingerprint density at radius 2 is 1.00 bits per heavy atom. The van der Waals surface area contributed by atoms with E-state index in [-0.39, 0.29) is 103 Å². The molecule has 2 heterocycles. The summed E-state index contributed by atoms with van der Waals surface area (Å²) in [5.74, 6) is 0. The van der Waals surface area contributed by atoms with E-state index >= 15 is 0 Å². The van der Waals surface area contributed by atoms with Crippen molar-refractivity contribution in [2.45, 2.75) is 0 Å². The van der Waals surface area contributed by atoms with Gasteiger partial charge in [0.25, 0.3) is 0 Å². The van der Waals surface area contributed by atoms with E-state index in [0.717, 1.165) is 52.4 Å². The van der Waals surface area contributed by atoms with Gasteiger partial charge < -0.3 is 71.2 Å². The van der Waals surface area contributed by atoms with Crippen molar-refractivity contribution in [2.75, 3.05) is 52.4 Å². The number of hydrazine groups is 2. The first-order valence-corrected chi connectivity index (χ1v) is 8.08. The maximum absolute atomic E-state index is 4.72. The maximum atomic E-state index is 4.72. The van der Waals surface area contributed by atoms with Crippen LogP contribution in [0.5, 0.6) is 0 Å². The molecule has 2 rings (SSSR count). The quantitative estimate of drug-likeness (QED) is 0.193. The predicted molar refractivity (Wildman–Crippen MR) is 95.1 cm³/mol. The van der Waals surface area contributed by atoms with Gasteiger partial charge in [0, 0.05) is 52.4 Å². The fourth-order valence-electron chi connectivity index (χ4n) is 1.81. The smallest absolute Gasteiger partial charge is 0.410 e. The van der Waals surface area contributed by atoms with Gasteiger partial charge in [0.05, 0.1) is 0 Å². The van der Waals surface area contributed by atoms with Gasteiger partial charge in [-0.2, -0.15) is 0 Å². The van der Waals surface area contributed by atoms with Crippen molar-refractivity contribution in [1.29, 1.82) is 0 Å². The first kappa shape index (κ1) is 27.6. The Hall–Kier alpha value is 3.33. The summed E-state index contributed by atoms with van der Waals surface area (Å²) in [5, 5.41) is 10.5.